The third kappa shape index (κ3) is 6.41. The number of amides is 1. The molecule has 1 atom stereocenters. The van der Waals surface area contributed by atoms with Gasteiger partial charge in [-0.05, 0) is 43.6 Å². The third-order valence-electron chi connectivity index (χ3n) is 5.22. The van der Waals surface area contributed by atoms with Crippen LogP contribution in [0.1, 0.15) is 25.3 Å². The summed E-state index contributed by atoms with van der Waals surface area (Å²) >= 11 is 0. The second kappa shape index (κ2) is 10.9. The maximum atomic E-state index is 12.0. The molecule has 1 fully saturated rings. The van der Waals surface area contributed by atoms with Gasteiger partial charge >= 0.3 is 0 Å². The van der Waals surface area contributed by atoms with Crippen molar-refractivity contribution in [1.29, 1.82) is 0 Å². The number of rotatable bonds is 8. The van der Waals surface area contributed by atoms with Gasteiger partial charge in [0, 0.05) is 33.7 Å². The number of nitrogens with one attached hydrogen (secondary N) is 1. The Morgan fingerprint density at radius 2 is 2.00 bits per heavy atom. The molecule has 1 amide bonds. The molecule has 0 radical (unpaired) electrons. The Bertz CT molecular complexity index is 645. The molecule has 28 heavy (non-hydrogen) atoms. The number of methoxy groups -OCH3 is 1. The molecular weight excluding hydrogens is 354 g/mol. The summed E-state index contributed by atoms with van der Waals surface area (Å²) in [5.74, 6) is 1.62. The minimum Gasteiger partial charge on any atom is -0.497 e. The number of likely N-dealkylation sites (N-methyl/N-ethyl adjacent to an activating group) is 3. The standard InChI is InChI=1S/C21H35N5O2/c1-6-26-13-7-8-18(26)16-25(4)21(23-15-20(27)24(2)3)22-14-17-9-11-19(28-5)12-10-17/h9-12,18H,6-8,13-16H2,1-5H3,(H,22,23). The number of carbonyl (C=O) groups is 1. The predicted octanol–water partition coefficient (Wildman–Crippen LogP) is 1.65. The molecule has 0 spiro atoms. The van der Waals surface area contributed by atoms with Gasteiger partial charge < -0.3 is 19.9 Å². The first-order valence-electron chi connectivity index (χ1n) is 10.0. The first kappa shape index (κ1) is 22.0. The van der Waals surface area contributed by atoms with Gasteiger partial charge in [0.1, 0.15) is 5.75 Å². The topological polar surface area (TPSA) is 60.4 Å². The smallest absolute Gasteiger partial charge is 0.241 e. The lowest BCUT2D eigenvalue weighted by Crippen LogP contribution is -2.48. The van der Waals surface area contributed by atoms with E-state index in [4.69, 9.17) is 9.73 Å². The molecule has 0 aromatic heterocycles. The van der Waals surface area contributed by atoms with Gasteiger partial charge in [0.25, 0.3) is 0 Å². The molecule has 0 saturated carbocycles. The normalized spacial score (nSPS) is 17.5. The Kier molecular flexibility index (Phi) is 8.57. The molecule has 1 N–H and O–H groups in total. The van der Waals surface area contributed by atoms with Crippen LogP contribution >= 0.6 is 0 Å². The molecule has 0 bridgehead atoms. The van der Waals surface area contributed by atoms with E-state index >= 15 is 0 Å². The number of ether oxygens (including phenoxy) is 1. The molecule has 156 valence electrons. The Hall–Kier alpha value is -2.28. The van der Waals surface area contributed by atoms with Crippen molar-refractivity contribution in [3.63, 3.8) is 0 Å². The van der Waals surface area contributed by atoms with Crippen LogP contribution in [-0.4, -0.2) is 87.0 Å². The number of hydrogen-bond donors (Lipinski definition) is 1. The van der Waals surface area contributed by atoms with Gasteiger partial charge in [0.2, 0.25) is 5.91 Å². The number of benzene rings is 1. The Morgan fingerprint density at radius 1 is 1.29 bits per heavy atom. The molecule has 1 aliphatic heterocycles. The second-order valence-electron chi connectivity index (χ2n) is 7.43. The fraction of sp³-hybridized carbons (Fsp3) is 0.619. The highest BCUT2D eigenvalue weighted by atomic mass is 16.5. The van der Waals surface area contributed by atoms with E-state index in [2.05, 4.69) is 22.0 Å². The number of carbonyl (C=O) groups excluding carboxylic acids is 1. The quantitative estimate of drug-likeness (QED) is 0.541. The van der Waals surface area contributed by atoms with Crippen molar-refractivity contribution < 1.29 is 9.53 Å². The number of hydrogen-bond acceptors (Lipinski definition) is 4. The maximum absolute atomic E-state index is 12.0. The van der Waals surface area contributed by atoms with Crippen LogP contribution < -0.4 is 10.1 Å². The zero-order chi connectivity index (χ0) is 20.5. The molecule has 1 aliphatic rings. The first-order valence-corrected chi connectivity index (χ1v) is 10.0. The summed E-state index contributed by atoms with van der Waals surface area (Å²) in [6, 6.07) is 8.44. The summed E-state index contributed by atoms with van der Waals surface area (Å²) in [4.78, 5) is 23.0. The van der Waals surface area contributed by atoms with E-state index in [1.807, 2.05) is 31.3 Å². The highest BCUT2D eigenvalue weighted by Crippen LogP contribution is 2.17. The molecule has 1 unspecified atom stereocenters. The molecule has 1 aromatic rings. The van der Waals surface area contributed by atoms with Crippen LogP contribution in [0.3, 0.4) is 0 Å². The number of guanidine groups is 1. The zero-order valence-corrected chi connectivity index (χ0v) is 17.9. The molecule has 2 rings (SSSR count). The summed E-state index contributed by atoms with van der Waals surface area (Å²) in [5, 5.41) is 3.24. The molecule has 1 heterocycles. The molecule has 1 aromatic carbocycles. The SMILES string of the molecule is CCN1CCCC1CN(C)C(=NCc1ccc(OC)cc1)NCC(=O)N(C)C. The summed E-state index contributed by atoms with van der Waals surface area (Å²) in [6.45, 7) is 6.14. The largest absolute Gasteiger partial charge is 0.497 e. The lowest BCUT2D eigenvalue weighted by atomic mass is 10.2. The van der Waals surface area contributed by atoms with E-state index in [1.165, 1.54) is 19.4 Å². The van der Waals surface area contributed by atoms with Crippen molar-refractivity contribution in [2.75, 3.05) is 54.4 Å². The van der Waals surface area contributed by atoms with E-state index < -0.39 is 0 Å². The van der Waals surface area contributed by atoms with Gasteiger partial charge in [-0.25, -0.2) is 4.99 Å². The van der Waals surface area contributed by atoms with E-state index in [9.17, 15) is 4.79 Å². The minimum absolute atomic E-state index is 0.0293. The Labute approximate surface area is 169 Å². The van der Waals surface area contributed by atoms with E-state index in [-0.39, 0.29) is 12.5 Å². The second-order valence-corrected chi connectivity index (χ2v) is 7.43. The van der Waals surface area contributed by atoms with E-state index in [0.717, 1.165) is 30.4 Å². The van der Waals surface area contributed by atoms with Crippen LogP contribution in [0.2, 0.25) is 0 Å². The highest BCUT2D eigenvalue weighted by molar-refractivity contribution is 5.86. The molecule has 7 nitrogen and oxygen atoms in total. The fourth-order valence-electron chi connectivity index (χ4n) is 3.44. The summed E-state index contributed by atoms with van der Waals surface area (Å²) in [6.07, 6.45) is 2.46. The zero-order valence-electron chi connectivity index (χ0n) is 17.9. The first-order chi connectivity index (χ1) is 13.4. The van der Waals surface area contributed by atoms with Crippen molar-refractivity contribution >= 4 is 11.9 Å². The van der Waals surface area contributed by atoms with Gasteiger partial charge in [0.15, 0.2) is 5.96 Å². The van der Waals surface area contributed by atoms with Gasteiger partial charge in [-0.3, -0.25) is 9.69 Å². The summed E-state index contributed by atoms with van der Waals surface area (Å²) in [5.41, 5.74) is 1.10. The monoisotopic (exact) mass is 389 g/mol. The number of aliphatic imine (C=N–C) groups is 1. The van der Waals surface area contributed by atoms with Crippen molar-refractivity contribution in [3.8, 4) is 5.75 Å². The van der Waals surface area contributed by atoms with Gasteiger partial charge in [0.05, 0.1) is 20.2 Å². The maximum Gasteiger partial charge on any atom is 0.241 e. The average molecular weight is 390 g/mol. The van der Waals surface area contributed by atoms with Crippen LogP contribution in [0.5, 0.6) is 5.75 Å². The van der Waals surface area contributed by atoms with Crippen LogP contribution in [-0.2, 0) is 11.3 Å². The lowest BCUT2D eigenvalue weighted by Gasteiger charge is -2.30. The number of likely N-dealkylation sites (tertiary alicyclic amines) is 1. The van der Waals surface area contributed by atoms with Crippen molar-refractivity contribution in [2.45, 2.75) is 32.4 Å². The Morgan fingerprint density at radius 3 is 2.61 bits per heavy atom. The highest BCUT2D eigenvalue weighted by Gasteiger charge is 2.25. The van der Waals surface area contributed by atoms with E-state index in [1.54, 1.807) is 26.1 Å². The molecule has 0 aliphatic carbocycles. The molecular formula is C21H35N5O2. The minimum atomic E-state index is 0.0293. The van der Waals surface area contributed by atoms with Gasteiger partial charge in [-0.15, -0.1) is 0 Å². The van der Waals surface area contributed by atoms with Crippen LogP contribution in [0.4, 0.5) is 0 Å². The van der Waals surface area contributed by atoms with Crippen molar-refractivity contribution in [3.05, 3.63) is 29.8 Å². The van der Waals surface area contributed by atoms with Gasteiger partial charge in [-0.2, -0.15) is 0 Å². The van der Waals surface area contributed by atoms with E-state index in [0.29, 0.717) is 12.6 Å². The third-order valence-corrected chi connectivity index (χ3v) is 5.22. The fourth-order valence-corrected chi connectivity index (χ4v) is 3.44. The number of nitrogens with zero attached hydrogens (tertiary/aromatic N) is 4. The van der Waals surface area contributed by atoms with Crippen LogP contribution in [0.15, 0.2) is 29.3 Å². The lowest BCUT2D eigenvalue weighted by molar-refractivity contribution is -0.127. The Balaban J connectivity index is 2.06. The van der Waals surface area contributed by atoms with Crippen LogP contribution in [0.25, 0.3) is 0 Å². The molecule has 7 heteroatoms. The summed E-state index contributed by atoms with van der Waals surface area (Å²) in [7, 11) is 7.24. The van der Waals surface area contributed by atoms with Gasteiger partial charge in [-0.1, -0.05) is 19.1 Å². The molecule has 1 saturated heterocycles. The van der Waals surface area contributed by atoms with Crippen molar-refractivity contribution in [1.82, 2.24) is 20.0 Å². The van der Waals surface area contributed by atoms with Crippen molar-refractivity contribution in [2.24, 2.45) is 4.99 Å². The average Bonchev–Trinajstić information content (AvgIpc) is 3.15. The van der Waals surface area contributed by atoms with Crippen LogP contribution in [0, 0.1) is 0 Å². The predicted molar refractivity (Wildman–Crippen MR) is 114 cm³/mol. The summed E-state index contributed by atoms with van der Waals surface area (Å²) < 4.78 is 5.21.